The van der Waals surface area contributed by atoms with E-state index in [1.807, 2.05) is 67.7 Å². The third-order valence-electron chi connectivity index (χ3n) is 4.56. The number of aryl methyl sites for hydroxylation is 1. The summed E-state index contributed by atoms with van der Waals surface area (Å²) in [4.78, 5) is 3.50. The second-order valence-electron chi connectivity index (χ2n) is 6.46. The Labute approximate surface area is 169 Å². The molecule has 1 aromatic heterocycles. The van der Waals surface area contributed by atoms with Gasteiger partial charge in [0.2, 0.25) is 0 Å². The number of thiocarbonyl (C=S) groups is 1. The van der Waals surface area contributed by atoms with Gasteiger partial charge in [-0.15, -0.1) is 0 Å². The average Bonchev–Trinajstić information content (AvgIpc) is 3.09. The molecule has 3 N–H and O–H groups in total. The minimum absolute atomic E-state index is 0.451. The molecule has 0 fully saturated rings. The summed E-state index contributed by atoms with van der Waals surface area (Å²) < 4.78 is 0. The second kappa shape index (κ2) is 8.06. The number of hydrazone groups is 1. The molecular weight excluding hydrogens is 364 g/mol. The number of rotatable bonds is 4. The van der Waals surface area contributed by atoms with Crippen LogP contribution in [0.4, 0.5) is 5.69 Å². The highest BCUT2D eigenvalue weighted by Gasteiger charge is 2.11. The van der Waals surface area contributed by atoms with Crippen LogP contribution in [0.3, 0.4) is 0 Å². The highest BCUT2D eigenvalue weighted by atomic mass is 32.1. The summed E-state index contributed by atoms with van der Waals surface area (Å²) in [6.07, 6.45) is 1.81. The number of hydrogen-bond acceptors (Lipinski definition) is 2. The zero-order valence-corrected chi connectivity index (χ0v) is 16.3. The molecule has 0 unspecified atom stereocenters. The molecule has 4 nitrogen and oxygen atoms in total. The SMILES string of the molecule is Cc1ccccc1NC(=S)N/N=C/c1c(-c2ccccc2)[nH]c2ccccc12. The molecule has 0 aliphatic rings. The third-order valence-corrected chi connectivity index (χ3v) is 4.76. The molecule has 0 atom stereocenters. The van der Waals surface area contributed by atoms with Gasteiger partial charge in [-0.3, -0.25) is 5.43 Å². The monoisotopic (exact) mass is 384 g/mol. The molecule has 4 rings (SSSR count). The van der Waals surface area contributed by atoms with Crippen molar-refractivity contribution in [2.24, 2.45) is 5.10 Å². The summed E-state index contributed by atoms with van der Waals surface area (Å²) in [7, 11) is 0. The Morgan fingerprint density at radius 3 is 2.46 bits per heavy atom. The van der Waals surface area contributed by atoms with Gasteiger partial charge in [-0.05, 0) is 42.4 Å². The van der Waals surface area contributed by atoms with Crippen molar-refractivity contribution in [1.82, 2.24) is 10.4 Å². The first-order valence-electron chi connectivity index (χ1n) is 9.04. The minimum Gasteiger partial charge on any atom is -0.354 e. The van der Waals surface area contributed by atoms with Crippen LogP contribution >= 0.6 is 12.2 Å². The summed E-state index contributed by atoms with van der Waals surface area (Å²) in [5.74, 6) is 0. The van der Waals surface area contributed by atoms with Gasteiger partial charge >= 0.3 is 0 Å². The van der Waals surface area contributed by atoms with Crippen molar-refractivity contribution in [3.63, 3.8) is 0 Å². The summed E-state index contributed by atoms with van der Waals surface area (Å²) in [6, 6.07) is 26.4. The van der Waals surface area contributed by atoms with Gasteiger partial charge in [0.05, 0.1) is 11.9 Å². The maximum atomic E-state index is 5.37. The first-order chi connectivity index (χ1) is 13.7. The van der Waals surface area contributed by atoms with E-state index in [4.69, 9.17) is 12.2 Å². The lowest BCUT2D eigenvalue weighted by Gasteiger charge is -2.09. The topological polar surface area (TPSA) is 52.2 Å². The van der Waals surface area contributed by atoms with Crippen molar-refractivity contribution in [2.75, 3.05) is 5.32 Å². The summed E-state index contributed by atoms with van der Waals surface area (Å²) >= 11 is 5.37. The fourth-order valence-electron chi connectivity index (χ4n) is 3.15. The summed E-state index contributed by atoms with van der Waals surface area (Å²) in [6.45, 7) is 2.03. The van der Waals surface area contributed by atoms with Gasteiger partial charge < -0.3 is 10.3 Å². The number of anilines is 1. The molecule has 138 valence electrons. The first-order valence-corrected chi connectivity index (χ1v) is 9.45. The molecule has 5 heteroatoms. The lowest BCUT2D eigenvalue weighted by molar-refractivity contribution is 1.05. The summed E-state index contributed by atoms with van der Waals surface area (Å²) in [5.41, 5.74) is 9.24. The van der Waals surface area contributed by atoms with Crippen LogP contribution in [-0.2, 0) is 0 Å². The predicted molar refractivity (Wildman–Crippen MR) is 122 cm³/mol. The maximum absolute atomic E-state index is 5.37. The van der Waals surface area contributed by atoms with E-state index in [1.165, 1.54) is 0 Å². The molecule has 28 heavy (non-hydrogen) atoms. The van der Waals surface area contributed by atoms with Crippen molar-refractivity contribution in [3.05, 3.63) is 90.0 Å². The Morgan fingerprint density at radius 2 is 1.64 bits per heavy atom. The lowest BCUT2D eigenvalue weighted by atomic mass is 10.1. The molecule has 3 aromatic carbocycles. The number of aromatic amines is 1. The maximum Gasteiger partial charge on any atom is 0.191 e. The smallest absolute Gasteiger partial charge is 0.191 e. The molecule has 0 saturated heterocycles. The molecule has 0 spiro atoms. The van der Waals surface area contributed by atoms with Crippen molar-refractivity contribution in [1.29, 1.82) is 0 Å². The normalized spacial score (nSPS) is 11.0. The quantitative estimate of drug-likeness (QED) is 0.249. The number of aromatic nitrogens is 1. The number of benzene rings is 3. The third kappa shape index (κ3) is 3.80. The van der Waals surface area contributed by atoms with E-state index in [0.717, 1.165) is 39.0 Å². The Kier molecular flexibility index (Phi) is 5.17. The molecular formula is C23H20N4S. The highest BCUT2D eigenvalue weighted by molar-refractivity contribution is 7.80. The number of hydrogen-bond donors (Lipinski definition) is 3. The van der Waals surface area contributed by atoms with Gasteiger partial charge in [0, 0.05) is 22.2 Å². The van der Waals surface area contributed by atoms with Crippen molar-refractivity contribution >= 4 is 40.1 Å². The van der Waals surface area contributed by atoms with Crippen molar-refractivity contribution < 1.29 is 0 Å². The number of nitrogens with one attached hydrogen (secondary N) is 3. The number of H-pyrrole nitrogens is 1. The second-order valence-corrected chi connectivity index (χ2v) is 6.87. The molecule has 0 radical (unpaired) electrons. The van der Waals surface area contributed by atoms with Crippen molar-refractivity contribution in [2.45, 2.75) is 6.92 Å². The van der Waals surface area contributed by atoms with Gasteiger partial charge in [-0.1, -0.05) is 66.7 Å². The van der Waals surface area contributed by atoms with Crippen LogP contribution in [0, 0.1) is 6.92 Å². The molecule has 4 aromatic rings. The Morgan fingerprint density at radius 1 is 0.929 bits per heavy atom. The zero-order valence-electron chi connectivity index (χ0n) is 15.4. The zero-order chi connectivity index (χ0) is 19.3. The standard InChI is InChI=1S/C23H20N4S/c1-16-9-5-7-13-20(16)26-23(28)27-24-15-19-18-12-6-8-14-21(18)25-22(19)17-10-3-2-4-11-17/h2-15,25H,1H3,(H2,26,27,28)/b24-15+. The first kappa shape index (κ1) is 17.9. The average molecular weight is 385 g/mol. The Bertz CT molecular complexity index is 1150. The van der Waals surface area contributed by atoms with Crippen LogP contribution in [0.2, 0.25) is 0 Å². The molecule has 1 heterocycles. The summed E-state index contributed by atoms with van der Waals surface area (Å²) in [5, 5.41) is 9.12. The van der Waals surface area contributed by atoms with Gasteiger partial charge in [-0.25, -0.2) is 0 Å². The van der Waals surface area contributed by atoms with Crippen LogP contribution in [0.15, 0.2) is 84.0 Å². The number of fused-ring (bicyclic) bond motifs is 1. The highest BCUT2D eigenvalue weighted by Crippen LogP contribution is 2.28. The lowest BCUT2D eigenvalue weighted by Crippen LogP contribution is -2.24. The van der Waals surface area contributed by atoms with Crippen molar-refractivity contribution in [3.8, 4) is 11.3 Å². The number of nitrogens with zero attached hydrogens (tertiary/aromatic N) is 1. The largest absolute Gasteiger partial charge is 0.354 e. The molecule has 0 bridgehead atoms. The fourth-order valence-corrected chi connectivity index (χ4v) is 3.31. The van der Waals surface area contributed by atoms with E-state index in [-0.39, 0.29) is 0 Å². The van der Waals surface area contributed by atoms with E-state index in [9.17, 15) is 0 Å². The van der Waals surface area contributed by atoms with E-state index >= 15 is 0 Å². The predicted octanol–water partition coefficient (Wildman–Crippen LogP) is 5.46. The van der Waals surface area contributed by atoms with Crippen LogP contribution in [0.1, 0.15) is 11.1 Å². The molecule has 0 saturated carbocycles. The fraction of sp³-hybridized carbons (Fsp3) is 0.0435. The van der Waals surface area contributed by atoms with Crippen LogP contribution in [0.25, 0.3) is 22.2 Å². The van der Waals surface area contributed by atoms with E-state index in [1.54, 1.807) is 0 Å². The van der Waals surface area contributed by atoms with Gasteiger partial charge in [0.25, 0.3) is 0 Å². The van der Waals surface area contributed by atoms with Crippen LogP contribution < -0.4 is 10.7 Å². The molecule has 0 amide bonds. The van der Waals surface area contributed by atoms with E-state index in [0.29, 0.717) is 5.11 Å². The van der Waals surface area contributed by atoms with Gasteiger partial charge in [0.1, 0.15) is 0 Å². The van der Waals surface area contributed by atoms with Gasteiger partial charge in [0.15, 0.2) is 5.11 Å². The Hall–Kier alpha value is -3.44. The van der Waals surface area contributed by atoms with Crippen LogP contribution in [-0.4, -0.2) is 16.3 Å². The Balaban J connectivity index is 1.59. The van der Waals surface area contributed by atoms with E-state index in [2.05, 4.69) is 45.1 Å². The van der Waals surface area contributed by atoms with E-state index < -0.39 is 0 Å². The minimum atomic E-state index is 0.451. The molecule has 0 aliphatic heterocycles. The van der Waals surface area contributed by atoms with Gasteiger partial charge in [-0.2, -0.15) is 5.10 Å². The van der Waals surface area contributed by atoms with Crippen LogP contribution in [0.5, 0.6) is 0 Å². The number of para-hydroxylation sites is 2. The molecule has 0 aliphatic carbocycles.